The Kier molecular flexibility index (Phi) is 16.1. The molecule has 0 bridgehead atoms. The topological polar surface area (TPSA) is 322 Å². The summed E-state index contributed by atoms with van der Waals surface area (Å²) in [5, 5.41) is 28.6. The predicted molar refractivity (Wildman–Crippen MR) is 175 cm³/mol. The first kappa shape index (κ1) is 42.7. The summed E-state index contributed by atoms with van der Waals surface area (Å²) in [6.07, 6.45) is 1.59. The molecule has 21 nitrogen and oxygen atoms in total. The molecule has 0 spiro atoms. The van der Waals surface area contributed by atoms with E-state index in [0.717, 1.165) is 6.92 Å². The number of nitrogens with zero attached hydrogens (tertiary/aromatic N) is 3. The largest absolute Gasteiger partial charge is 0.481 e. The highest BCUT2D eigenvalue weighted by Gasteiger charge is 2.37. The van der Waals surface area contributed by atoms with Gasteiger partial charge in [-0.05, 0) is 32.1 Å². The van der Waals surface area contributed by atoms with Crippen LogP contribution in [-0.4, -0.2) is 125 Å². The zero-order chi connectivity index (χ0) is 38.6. The van der Waals surface area contributed by atoms with E-state index in [-0.39, 0.29) is 43.5 Å². The molecule has 0 unspecified atom stereocenters. The Bertz CT molecular complexity index is 1480. The maximum Gasteiger partial charge on any atom is 0.469 e. The van der Waals surface area contributed by atoms with Gasteiger partial charge >= 0.3 is 13.8 Å². The van der Waals surface area contributed by atoms with Gasteiger partial charge in [-0.15, -0.1) is 0 Å². The molecule has 1 saturated heterocycles. The van der Waals surface area contributed by atoms with Crippen molar-refractivity contribution in [1.29, 1.82) is 0 Å². The molecule has 0 aliphatic carbocycles. The lowest BCUT2D eigenvalue weighted by Crippen LogP contribution is -2.61. The fourth-order valence-electron chi connectivity index (χ4n) is 5.42. The second-order valence-corrected chi connectivity index (χ2v) is 13.6. The van der Waals surface area contributed by atoms with E-state index in [2.05, 4.69) is 30.8 Å². The number of primary amides is 1. The van der Waals surface area contributed by atoms with Gasteiger partial charge in [-0.25, -0.2) is 9.55 Å². The average molecular weight is 747 g/mol. The van der Waals surface area contributed by atoms with Gasteiger partial charge in [-0.3, -0.25) is 38.1 Å². The van der Waals surface area contributed by atoms with Crippen LogP contribution < -0.4 is 27.0 Å². The number of carbonyl (C=O) groups is 7. The molecule has 6 atom stereocenters. The first-order valence-corrected chi connectivity index (χ1v) is 17.6. The number of aliphatic hydroxyl groups excluding tert-OH is 1. The second kappa shape index (κ2) is 19.3. The van der Waals surface area contributed by atoms with E-state index in [4.69, 9.17) is 20.6 Å². The first-order valence-electron chi connectivity index (χ1n) is 16.1. The van der Waals surface area contributed by atoms with Crippen LogP contribution in [-0.2, 0) is 55.6 Å². The Morgan fingerprint density at radius 3 is 2.16 bits per heavy atom. The number of carbonyl (C=O) groups excluding carboxylic acids is 6. The number of carboxylic acid groups (broad SMARTS) is 1. The van der Waals surface area contributed by atoms with Crippen molar-refractivity contribution in [1.82, 2.24) is 35.7 Å². The van der Waals surface area contributed by atoms with Crippen LogP contribution in [0.5, 0.6) is 0 Å². The van der Waals surface area contributed by atoms with Gasteiger partial charge in [0, 0.05) is 38.8 Å². The van der Waals surface area contributed by atoms with Gasteiger partial charge in [0.1, 0.15) is 36.0 Å². The van der Waals surface area contributed by atoms with Crippen molar-refractivity contribution in [3.05, 3.63) is 18.2 Å². The Labute approximate surface area is 293 Å². The van der Waals surface area contributed by atoms with Crippen LogP contribution in [0.15, 0.2) is 12.4 Å². The molecule has 1 aliphatic heterocycles. The third kappa shape index (κ3) is 13.7. The number of amides is 6. The number of hydrogen-bond acceptors (Lipinski definition) is 11. The molecule has 2 rings (SSSR count). The number of phosphoric ester groups is 1. The number of aromatic nitrogens is 2. The Morgan fingerprint density at radius 1 is 1.00 bits per heavy atom. The number of phosphoric acid groups is 1. The maximum absolute atomic E-state index is 13.7. The van der Waals surface area contributed by atoms with Gasteiger partial charge in [0.2, 0.25) is 35.4 Å². The molecule has 51 heavy (non-hydrogen) atoms. The SMILES string of the molecule is CC(=O)N1CCC[C@H]1C(=O)N[C@@H](CC(C)C)C(=O)N[C@@H](Cc1nccn1CCC(=O)O)C(=O)N[C@@H](CO)C(=O)N[C@H](C(N)=O)[C@@H](C)OP(=O)(O)O. The summed E-state index contributed by atoms with van der Waals surface area (Å²) in [4.78, 5) is 113. The zero-order valence-electron chi connectivity index (χ0n) is 28.7. The quantitative estimate of drug-likeness (QED) is 0.0596. The fourth-order valence-corrected chi connectivity index (χ4v) is 5.97. The molecule has 286 valence electrons. The standard InChI is InChI=1S/C29H47N8O13P/c1-15(2)12-18(33-29(46)21-6-5-9-37(21)17(4)39)26(43)32-19(13-22-31-8-11-36(22)10-7-23(40)41)27(44)34-20(14-38)28(45)35-24(25(30)42)16(3)50-51(47,48)49/h8,11,15-16,18-21,24,38H,5-7,9-10,12-14H2,1-4H3,(H2,30,42)(H,32,43)(H,33,46)(H,34,44)(H,35,45)(H,40,41)(H2,47,48,49)/t16-,18+,19+,20+,21+,24+/m1/s1. The molecule has 0 aromatic carbocycles. The molecule has 0 radical (unpaired) electrons. The molecule has 22 heteroatoms. The molecular weight excluding hydrogens is 699 g/mol. The Morgan fingerprint density at radius 2 is 1.61 bits per heavy atom. The number of likely N-dealkylation sites (tertiary alicyclic amines) is 1. The van der Waals surface area contributed by atoms with E-state index in [9.17, 15) is 43.2 Å². The lowest BCUT2D eigenvalue weighted by atomic mass is 10.0. The van der Waals surface area contributed by atoms with E-state index in [0.29, 0.717) is 19.4 Å². The highest BCUT2D eigenvalue weighted by atomic mass is 31.2. The number of rotatable bonds is 20. The number of nitrogens with two attached hydrogens (primary N) is 1. The van der Waals surface area contributed by atoms with Crippen molar-refractivity contribution in [2.24, 2.45) is 11.7 Å². The maximum atomic E-state index is 13.7. The predicted octanol–water partition coefficient (Wildman–Crippen LogP) is -3.13. The Hall–Kier alpha value is -4.43. The van der Waals surface area contributed by atoms with Crippen molar-refractivity contribution in [3.63, 3.8) is 0 Å². The van der Waals surface area contributed by atoms with Crippen molar-refractivity contribution in [2.75, 3.05) is 13.2 Å². The summed E-state index contributed by atoms with van der Waals surface area (Å²) in [7, 11) is -5.12. The molecule has 1 aliphatic rings. The van der Waals surface area contributed by atoms with Gasteiger partial charge < -0.3 is 56.5 Å². The highest BCUT2D eigenvalue weighted by molar-refractivity contribution is 7.46. The van der Waals surface area contributed by atoms with Crippen LogP contribution in [0.3, 0.4) is 0 Å². The van der Waals surface area contributed by atoms with Gasteiger partial charge in [-0.2, -0.15) is 0 Å². The molecule has 1 aromatic rings. The van der Waals surface area contributed by atoms with Crippen LogP contribution in [0.1, 0.15) is 59.2 Å². The fraction of sp³-hybridized carbons (Fsp3) is 0.655. The minimum Gasteiger partial charge on any atom is -0.481 e. The second-order valence-electron chi connectivity index (χ2n) is 12.4. The van der Waals surface area contributed by atoms with E-state index in [1.165, 1.54) is 28.8 Å². The minimum absolute atomic E-state index is 0.0436. The molecule has 2 heterocycles. The van der Waals surface area contributed by atoms with Crippen molar-refractivity contribution < 1.29 is 62.7 Å². The summed E-state index contributed by atoms with van der Waals surface area (Å²) in [5.74, 6) is -6.27. The molecule has 0 saturated carbocycles. The summed E-state index contributed by atoms with van der Waals surface area (Å²) >= 11 is 0. The summed E-state index contributed by atoms with van der Waals surface area (Å²) in [6.45, 7) is 5.24. The van der Waals surface area contributed by atoms with Crippen LogP contribution in [0.25, 0.3) is 0 Å². The van der Waals surface area contributed by atoms with Gasteiger partial charge in [0.15, 0.2) is 0 Å². The monoisotopic (exact) mass is 746 g/mol. The van der Waals surface area contributed by atoms with Crippen molar-refractivity contribution in [3.8, 4) is 0 Å². The molecule has 1 aromatic heterocycles. The van der Waals surface area contributed by atoms with Gasteiger partial charge in [0.25, 0.3) is 0 Å². The van der Waals surface area contributed by atoms with Crippen LogP contribution in [0.2, 0.25) is 0 Å². The number of aliphatic carboxylic acids is 1. The van der Waals surface area contributed by atoms with Gasteiger partial charge in [0.05, 0.1) is 19.1 Å². The number of hydrogen-bond donors (Lipinski definition) is 9. The highest BCUT2D eigenvalue weighted by Crippen LogP contribution is 2.38. The lowest BCUT2D eigenvalue weighted by molar-refractivity contribution is -0.139. The number of carboxylic acids is 1. The van der Waals surface area contributed by atoms with Crippen LogP contribution in [0, 0.1) is 5.92 Å². The van der Waals surface area contributed by atoms with Crippen molar-refractivity contribution >= 4 is 49.2 Å². The van der Waals surface area contributed by atoms with E-state index in [1.54, 1.807) is 13.8 Å². The molecule has 1 fully saturated rings. The molecular formula is C29H47N8O13P. The van der Waals surface area contributed by atoms with E-state index < -0.39 is 86.2 Å². The summed E-state index contributed by atoms with van der Waals surface area (Å²) < 4.78 is 17.1. The van der Waals surface area contributed by atoms with Crippen molar-refractivity contribution in [2.45, 2.75) is 103 Å². The molecule has 10 N–H and O–H groups in total. The van der Waals surface area contributed by atoms with Crippen LogP contribution in [0.4, 0.5) is 0 Å². The van der Waals surface area contributed by atoms with Crippen LogP contribution >= 0.6 is 7.82 Å². The van der Waals surface area contributed by atoms with E-state index >= 15 is 0 Å². The third-order valence-corrected chi connectivity index (χ3v) is 8.49. The number of imidazole rings is 1. The zero-order valence-corrected chi connectivity index (χ0v) is 29.6. The normalized spacial score (nSPS) is 17.5. The van der Waals surface area contributed by atoms with Gasteiger partial charge in [-0.1, -0.05) is 13.8 Å². The lowest BCUT2D eigenvalue weighted by Gasteiger charge is -2.28. The number of aryl methyl sites for hydroxylation is 1. The minimum atomic E-state index is -5.12. The Balaban J connectivity index is 2.36. The van der Waals surface area contributed by atoms with E-state index in [1.807, 2.05) is 0 Å². The third-order valence-electron chi connectivity index (χ3n) is 7.88. The first-order chi connectivity index (χ1) is 23.7. The molecule has 6 amide bonds. The summed E-state index contributed by atoms with van der Waals surface area (Å²) in [5.41, 5.74) is 5.26. The summed E-state index contributed by atoms with van der Waals surface area (Å²) in [6, 6.07) is -7.13. The number of aliphatic hydroxyl groups is 1. The average Bonchev–Trinajstić information content (AvgIpc) is 3.69. The number of nitrogens with one attached hydrogen (secondary N) is 4. The smallest absolute Gasteiger partial charge is 0.469 e.